The van der Waals surface area contributed by atoms with Crippen molar-refractivity contribution in [2.24, 2.45) is 0 Å². The van der Waals surface area contributed by atoms with Crippen molar-refractivity contribution in [3.8, 4) is 0 Å². The third kappa shape index (κ3) is 3.80. The average Bonchev–Trinajstić information content (AvgIpc) is 3.16. The highest BCUT2D eigenvalue weighted by Crippen LogP contribution is 2.11. The van der Waals surface area contributed by atoms with E-state index in [1.54, 1.807) is 30.9 Å². The van der Waals surface area contributed by atoms with Crippen LogP contribution in [0, 0.1) is 13.8 Å². The molecule has 1 fully saturated rings. The topological polar surface area (TPSA) is 105 Å². The summed E-state index contributed by atoms with van der Waals surface area (Å²) in [5.41, 5.74) is 1.39. The fourth-order valence-corrected chi connectivity index (χ4v) is 2.53. The van der Waals surface area contributed by atoms with E-state index >= 15 is 0 Å². The number of piperazine rings is 1. The van der Waals surface area contributed by atoms with Gasteiger partial charge >= 0.3 is 0 Å². The average molecular weight is 333 g/mol. The normalized spacial score (nSPS) is 15.5. The third-order valence-corrected chi connectivity index (χ3v) is 3.76. The second-order valence-corrected chi connectivity index (χ2v) is 5.78. The van der Waals surface area contributed by atoms with Gasteiger partial charge in [-0.05, 0) is 13.8 Å². The molecule has 1 aliphatic rings. The van der Waals surface area contributed by atoms with E-state index in [0.717, 1.165) is 0 Å². The van der Waals surface area contributed by atoms with Crippen LogP contribution in [0.15, 0.2) is 21.2 Å². The molecule has 2 amide bonds. The van der Waals surface area contributed by atoms with Crippen molar-refractivity contribution in [2.45, 2.75) is 13.8 Å². The van der Waals surface area contributed by atoms with E-state index in [4.69, 9.17) is 9.05 Å². The van der Waals surface area contributed by atoms with Gasteiger partial charge in [0.2, 0.25) is 17.6 Å². The van der Waals surface area contributed by atoms with Crippen molar-refractivity contribution in [2.75, 3.05) is 38.0 Å². The fraction of sp³-hybridized carbons (Fsp3) is 0.467. The van der Waals surface area contributed by atoms with Gasteiger partial charge in [-0.1, -0.05) is 10.3 Å². The van der Waals surface area contributed by atoms with E-state index in [1.807, 2.05) is 4.90 Å². The first kappa shape index (κ1) is 16.2. The Morgan fingerprint density at radius 3 is 2.33 bits per heavy atom. The van der Waals surface area contributed by atoms with Crippen LogP contribution in [0.25, 0.3) is 0 Å². The summed E-state index contributed by atoms with van der Waals surface area (Å²) < 4.78 is 9.96. The number of nitrogens with zero attached hydrogens (tertiary/aromatic N) is 4. The van der Waals surface area contributed by atoms with E-state index < -0.39 is 0 Å². The summed E-state index contributed by atoms with van der Waals surface area (Å²) >= 11 is 0. The van der Waals surface area contributed by atoms with E-state index in [0.29, 0.717) is 43.5 Å². The van der Waals surface area contributed by atoms with Crippen LogP contribution >= 0.6 is 0 Å². The fourth-order valence-electron chi connectivity index (χ4n) is 2.53. The Balaban J connectivity index is 1.46. The minimum absolute atomic E-state index is 0.170. The number of rotatable bonds is 4. The standard InChI is InChI=1S/C15H19N5O4/c1-10-7-12(23-17-10)15(22)20-5-3-19(4-6-20)9-13(21)16-14-8-11(2)18-24-14/h7-8H,3-6,9H2,1-2H3,(H,16,21). The van der Waals surface area contributed by atoms with E-state index in [2.05, 4.69) is 15.6 Å². The second-order valence-electron chi connectivity index (χ2n) is 5.78. The van der Waals surface area contributed by atoms with Crippen molar-refractivity contribution in [1.29, 1.82) is 0 Å². The molecule has 3 rings (SSSR count). The number of carbonyl (C=O) groups excluding carboxylic acids is 2. The van der Waals surface area contributed by atoms with Crippen LogP contribution in [0.1, 0.15) is 21.9 Å². The van der Waals surface area contributed by atoms with Gasteiger partial charge in [-0.2, -0.15) is 0 Å². The Labute approximate surface area is 138 Å². The zero-order valence-electron chi connectivity index (χ0n) is 13.6. The molecular weight excluding hydrogens is 314 g/mol. The maximum Gasteiger partial charge on any atom is 0.292 e. The van der Waals surface area contributed by atoms with Gasteiger partial charge in [0.05, 0.1) is 17.9 Å². The summed E-state index contributed by atoms with van der Waals surface area (Å²) in [6, 6.07) is 3.29. The lowest BCUT2D eigenvalue weighted by molar-refractivity contribution is -0.117. The summed E-state index contributed by atoms with van der Waals surface area (Å²) in [6.45, 7) is 6.09. The van der Waals surface area contributed by atoms with Crippen molar-refractivity contribution in [3.63, 3.8) is 0 Å². The first-order valence-electron chi connectivity index (χ1n) is 7.69. The lowest BCUT2D eigenvalue weighted by Gasteiger charge is -2.33. The van der Waals surface area contributed by atoms with Gasteiger partial charge in [0, 0.05) is 38.3 Å². The lowest BCUT2D eigenvalue weighted by Crippen LogP contribution is -2.50. The summed E-state index contributed by atoms with van der Waals surface area (Å²) in [5, 5.41) is 10.1. The molecular formula is C15H19N5O4. The molecule has 9 heteroatoms. The number of amides is 2. The number of nitrogens with one attached hydrogen (secondary N) is 1. The Kier molecular flexibility index (Phi) is 4.61. The number of hydrogen-bond acceptors (Lipinski definition) is 7. The number of aryl methyl sites for hydroxylation is 2. The predicted molar refractivity (Wildman–Crippen MR) is 83.5 cm³/mol. The number of carbonyl (C=O) groups is 2. The zero-order chi connectivity index (χ0) is 17.1. The molecule has 0 aromatic carbocycles. The summed E-state index contributed by atoms with van der Waals surface area (Å²) in [6.07, 6.45) is 0. The van der Waals surface area contributed by atoms with Gasteiger partial charge in [0.15, 0.2) is 0 Å². The van der Waals surface area contributed by atoms with Gasteiger partial charge < -0.3 is 13.9 Å². The molecule has 2 aromatic heterocycles. The molecule has 0 spiro atoms. The molecule has 0 atom stereocenters. The van der Waals surface area contributed by atoms with Crippen LogP contribution < -0.4 is 5.32 Å². The van der Waals surface area contributed by atoms with Crippen LogP contribution in [0.3, 0.4) is 0 Å². The van der Waals surface area contributed by atoms with Gasteiger partial charge in [-0.25, -0.2) is 0 Å². The monoisotopic (exact) mass is 333 g/mol. The minimum atomic E-state index is -0.170. The predicted octanol–water partition coefficient (Wildman–Crippen LogP) is 0.676. The summed E-state index contributed by atoms with van der Waals surface area (Å²) in [5.74, 6) is 0.250. The Bertz CT molecular complexity index is 730. The van der Waals surface area contributed by atoms with Gasteiger partial charge in [-0.15, -0.1) is 0 Å². The van der Waals surface area contributed by atoms with Crippen LogP contribution in [0.4, 0.5) is 5.88 Å². The Morgan fingerprint density at radius 2 is 1.75 bits per heavy atom. The largest absolute Gasteiger partial charge is 0.351 e. The molecule has 0 bridgehead atoms. The molecule has 3 heterocycles. The quantitative estimate of drug-likeness (QED) is 0.877. The van der Waals surface area contributed by atoms with Gasteiger partial charge in [0.1, 0.15) is 0 Å². The van der Waals surface area contributed by atoms with Crippen molar-refractivity contribution >= 4 is 17.7 Å². The number of aromatic nitrogens is 2. The van der Waals surface area contributed by atoms with Crippen molar-refractivity contribution in [3.05, 3.63) is 29.3 Å². The minimum Gasteiger partial charge on any atom is -0.351 e. The molecule has 2 aromatic rings. The van der Waals surface area contributed by atoms with Crippen LogP contribution in [0.5, 0.6) is 0 Å². The zero-order valence-corrected chi connectivity index (χ0v) is 13.6. The van der Waals surface area contributed by atoms with Gasteiger partial charge in [0.25, 0.3) is 5.91 Å². The molecule has 0 radical (unpaired) electrons. The number of hydrogen-bond donors (Lipinski definition) is 1. The van der Waals surface area contributed by atoms with Crippen LogP contribution in [-0.2, 0) is 4.79 Å². The maximum atomic E-state index is 12.3. The second kappa shape index (κ2) is 6.83. The smallest absolute Gasteiger partial charge is 0.292 e. The molecule has 1 saturated heterocycles. The molecule has 1 aliphatic heterocycles. The lowest BCUT2D eigenvalue weighted by atomic mass is 10.2. The van der Waals surface area contributed by atoms with Gasteiger partial charge in [-0.3, -0.25) is 19.8 Å². The van der Waals surface area contributed by atoms with E-state index in [9.17, 15) is 9.59 Å². The highest BCUT2D eigenvalue weighted by molar-refractivity contribution is 5.92. The highest BCUT2D eigenvalue weighted by Gasteiger charge is 2.25. The summed E-state index contributed by atoms with van der Waals surface area (Å²) in [4.78, 5) is 27.9. The molecule has 1 N–H and O–H groups in total. The van der Waals surface area contributed by atoms with Crippen LogP contribution in [0.2, 0.25) is 0 Å². The highest BCUT2D eigenvalue weighted by atomic mass is 16.5. The molecule has 9 nitrogen and oxygen atoms in total. The summed E-state index contributed by atoms with van der Waals surface area (Å²) in [7, 11) is 0. The Morgan fingerprint density at radius 1 is 1.08 bits per heavy atom. The molecule has 0 saturated carbocycles. The Hall–Kier alpha value is -2.68. The van der Waals surface area contributed by atoms with E-state index in [-0.39, 0.29) is 24.1 Å². The SMILES string of the molecule is Cc1cc(NC(=O)CN2CCN(C(=O)c3cc(C)no3)CC2)on1. The van der Waals surface area contributed by atoms with Crippen molar-refractivity contribution in [1.82, 2.24) is 20.1 Å². The maximum absolute atomic E-state index is 12.3. The van der Waals surface area contributed by atoms with E-state index in [1.165, 1.54) is 0 Å². The first-order chi connectivity index (χ1) is 11.5. The molecule has 0 unspecified atom stereocenters. The third-order valence-electron chi connectivity index (χ3n) is 3.76. The van der Waals surface area contributed by atoms with Crippen LogP contribution in [-0.4, -0.2) is 64.7 Å². The number of anilines is 1. The van der Waals surface area contributed by atoms with Crippen molar-refractivity contribution < 1.29 is 18.6 Å². The molecule has 128 valence electrons. The first-order valence-corrected chi connectivity index (χ1v) is 7.69. The molecule has 24 heavy (non-hydrogen) atoms. The molecule has 0 aliphatic carbocycles.